The minimum atomic E-state index is -0.132. The molecule has 0 radical (unpaired) electrons. The van der Waals surface area contributed by atoms with E-state index in [9.17, 15) is 4.79 Å². The highest BCUT2D eigenvalue weighted by Crippen LogP contribution is 2.26. The van der Waals surface area contributed by atoms with Crippen LogP contribution in [0.1, 0.15) is 48.2 Å². The molecule has 7 nitrogen and oxygen atoms in total. The topological polar surface area (TPSA) is 83.1 Å². The van der Waals surface area contributed by atoms with Gasteiger partial charge in [0.05, 0.1) is 5.52 Å². The molecule has 1 amide bonds. The highest BCUT2D eigenvalue weighted by Gasteiger charge is 2.21. The van der Waals surface area contributed by atoms with E-state index in [-0.39, 0.29) is 11.9 Å². The summed E-state index contributed by atoms with van der Waals surface area (Å²) in [6.07, 6.45) is 9.43. The van der Waals surface area contributed by atoms with E-state index in [2.05, 4.69) is 37.5 Å². The van der Waals surface area contributed by atoms with Crippen LogP contribution in [0.4, 0.5) is 0 Å². The average molecular weight is 420 g/mol. The van der Waals surface area contributed by atoms with Crippen molar-refractivity contribution in [3.63, 3.8) is 0 Å². The highest BCUT2D eigenvalue weighted by atomic mass is 16.5. The highest BCUT2D eigenvalue weighted by molar-refractivity contribution is 6.05. The zero-order chi connectivity index (χ0) is 21.0. The zero-order valence-corrected chi connectivity index (χ0v) is 17.8. The number of carbonyl (C=O) groups excluding carboxylic acids is 1. The number of amides is 1. The summed E-state index contributed by atoms with van der Waals surface area (Å²) in [4.78, 5) is 19.8. The number of H-pyrrole nitrogens is 1. The van der Waals surface area contributed by atoms with Crippen LogP contribution in [0.3, 0.4) is 0 Å². The van der Waals surface area contributed by atoms with Crippen molar-refractivity contribution in [1.82, 2.24) is 25.4 Å². The second-order valence-corrected chi connectivity index (χ2v) is 8.61. The fourth-order valence-corrected chi connectivity index (χ4v) is 4.57. The summed E-state index contributed by atoms with van der Waals surface area (Å²) in [5.74, 6) is -0.132. The first-order valence-electron chi connectivity index (χ1n) is 11.3. The molecule has 3 aromatic rings. The van der Waals surface area contributed by atoms with Gasteiger partial charge in [0.15, 0.2) is 5.69 Å². The Hall–Kier alpha value is -2.77. The van der Waals surface area contributed by atoms with E-state index >= 15 is 0 Å². The molecule has 0 unspecified atom stereocenters. The molecule has 0 atom stereocenters. The summed E-state index contributed by atoms with van der Waals surface area (Å²) in [7, 11) is 0. The number of likely N-dealkylation sites (tertiary alicyclic amines) is 1. The van der Waals surface area contributed by atoms with Gasteiger partial charge in [-0.3, -0.25) is 19.8 Å². The molecule has 0 spiro atoms. The Morgan fingerprint density at radius 1 is 1.10 bits per heavy atom. The molecular weight excluding hydrogens is 390 g/mol. The SMILES string of the molecule is O=C(NC1CCOCC1)c1n[nH]c2ccc(-c3cncc(CN4CCCCC4)c3)cc12. The standard InChI is InChI=1S/C24H29N5O2/c30-24(26-20-6-10-31-11-7-20)23-21-13-18(4-5-22(21)27-28-23)19-12-17(14-25-15-19)16-29-8-2-1-3-9-29/h4-5,12-15,20H,1-3,6-11,16H2,(H,26,30)(H,27,28). The summed E-state index contributed by atoms with van der Waals surface area (Å²) in [6.45, 7) is 4.65. The first-order chi connectivity index (χ1) is 15.3. The molecule has 7 heteroatoms. The Balaban J connectivity index is 1.37. The fourth-order valence-electron chi connectivity index (χ4n) is 4.57. The van der Waals surface area contributed by atoms with Gasteiger partial charge in [-0.25, -0.2) is 0 Å². The smallest absolute Gasteiger partial charge is 0.272 e. The van der Waals surface area contributed by atoms with Gasteiger partial charge in [-0.05, 0) is 68.1 Å². The summed E-state index contributed by atoms with van der Waals surface area (Å²) in [5, 5.41) is 11.2. The molecule has 2 aromatic heterocycles. The van der Waals surface area contributed by atoms with Crippen molar-refractivity contribution in [2.75, 3.05) is 26.3 Å². The molecule has 0 saturated carbocycles. The van der Waals surface area contributed by atoms with Crippen molar-refractivity contribution in [1.29, 1.82) is 0 Å². The largest absolute Gasteiger partial charge is 0.381 e. The molecular formula is C24H29N5O2. The van der Waals surface area contributed by atoms with Crippen LogP contribution in [0.15, 0.2) is 36.7 Å². The number of pyridine rings is 1. The van der Waals surface area contributed by atoms with Crippen LogP contribution < -0.4 is 5.32 Å². The van der Waals surface area contributed by atoms with Crippen molar-refractivity contribution < 1.29 is 9.53 Å². The second-order valence-electron chi connectivity index (χ2n) is 8.61. The van der Waals surface area contributed by atoms with Gasteiger partial charge >= 0.3 is 0 Å². The van der Waals surface area contributed by atoms with Crippen molar-refractivity contribution in [2.45, 2.75) is 44.7 Å². The number of hydrogen-bond acceptors (Lipinski definition) is 5. The molecule has 2 aliphatic rings. The van der Waals surface area contributed by atoms with Gasteiger partial charge in [-0.15, -0.1) is 0 Å². The van der Waals surface area contributed by atoms with E-state index in [4.69, 9.17) is 4.74 Å². The predicted molar refractivity (Wildman–Crippen MR) is 120 cm³/mol. The molecule has 2 aliphatic heterocycles. The molecule has 0 bridgehead atoms. The van der Waals surface area contributed by atoms with Gasteiger partial charge in [-0.1, -0.05) is 12.5 Å². The van der Waals surface area contributed by atoms with Crippen LogP contribution in [0.5, 0.6) is 0 Å². The lowest BCUT2D eigenvalue weighted by Crippen LogP contribution is -2.39. The Kier molecular flexibility index (Phi) is 5.95. The van der Waals surface area contributed by atoms with Gasteiger partial charge in [0.1, 0.15) is 0 Å². The quantitative estimate of drug-likeness (QED) is 0.661. The van der Waals surface area contributed by atoms with Crippen LogP contribution >= 0.6 is 0 Å². The maximum absolute atomic E-state index is 12.9. The van der Waals surface area contributed by atoms with Gasteiger partial charge in [0.25, 0.3) is 5.91 Å². The molecule has 0 aliphatic carbocycles. The van der Waals surface area contributed by atoms with E-state index < -0.39 is 0 Å². The number of aromatic amines is 1. The lowest BCUT2D eigenvalue weighted by molar-refractivity contribution is 0.0695. The second kappa shape index (κ2) is 9.16. The third-order valence-electron chi connectivity index (χ3n) is 6.32. The molecule has 2 saturated heterocycles. The van der Waals surface area contributed by atoms with E-state index in [1.165, 1.54) is 24.8 Å². The minimum absolute atomic E-state index is 0.132. The van der Waals surface area contributed by atoms with Crippen LogP contribution in [0, 0.1) is 0 Å². The van der Waals surface area contributed by atoms with Gasteiger partial charge in [-0.2, -0.15) is 5.10 Å². The molecule has 31 heavy (non-hydrogen) atoms. The average Bonchev–Trinajstić information content (AvgIpc) is 3.24. The van der Waals surface area contributed by atoms with Gasteiger partial charge in [0, 0.05) is 49.1 Å². The molecule has 2 fully saturated rings. The lowest BCUT2D eigenvalue weighted by Gasteiger charge is -2.26. The normalized spacial score (nSPS) is 18.3. The van der Waals surface area contributed by atoms with E-state index in [0.29, 0.717) is 18.9 Å². The number of carbonyl (C=O) groups is 1. The lowest BCUT2D eigenvalue weighted by atomic mass is 10.0. The van der Waals surface area contributed by atoms with Crippen molar-refractivity contribution >= 4 is 16.8 Å². The maximum atomic E-state index is 12.9. The molecule has 5 rings (SSSR count). The number of nitrogens with one attached hydrogen (secondary N) is 2. The number of rotatable bonds is 5. The number of benzene rings is 1. The van der Waals surface area contributed by atoms with Gasteiger partial charge in [0.2, 0.25) is 0 Å². The number of hydrogen-bond donors (Lipinski definition) is 2. The number of piperidine rings is 1. The zero-order valence-electron chi connectivity index (χ0n) is 17.8. The summed E-state index contributed by atoms with van der Waals surface area (Å²) >= 11 is 0. The van der Waals surface area contributed by atoms with E-state index in [1.54, 1.807) is 0 Å². The first-order valence-corrected chi connectivity index (χ1v) is 11.3. The summed E-state index contributed by atoms with van der Waals surface area (Å²) in [6, 6.07) is 8.44. The van der Waals surface area contributed by atoms with Crippen LogP contribution in [0.2, 0.25) is 0 Å². The molecule has 1 aromatic carbocycles. The first kappa shape index (κ1) is 20.2. The molecule has 4 heterocycles. The predicted octanol–water partition coefficient (Wildman–Crippen LogP) is 3.52. The van der Waals surface area contributed by atoms with Crippen LogP contribution in [-0.4, -0.2) is 58.3 Å². The van der Waals surface area contributed by atoms with Crippen LogP contribution in [0.25, 0.3) is 22.0 Å². The number of ether oxygens (including phenoxy) is 1. The Labute approximate surface area is 182 Å². The summed E-state index contributed by atoms with van der Waals surface area (Å²) < 4.78 is 5.38. The van der Waals surface area contributed by atoms with Gasteiger partial charge < -0.3 is 10.1 Å². The van der Waals surface area contributed by atoms with Crippen molar-refractivity contribution in [2.24, 2.45) is 0 Å². The Bertz CT molecular complexity index is 1050. The number of fused-ring (bicyclic) bond motifs is 1. The van der Waals surface area contributed by atoms with Crippen molar-refractivity contribution in [3.05, 3.63) is 47.9 Å². The minimum Gasteiger partial charge on any atom is -0.381 e. The number of aromatic nitrogens is 3. The Morgan fingerprint density at radius 3 is 2.77 bits per heavy atom. The maximum Gasteiger partial charge on any atom is 0.272 e. The molecule has 162 valence electrons. The fraction of sp³-hybridized carbons (Fsp3) is 0.458. The van der Waals surface area contributed by atoms with E-state index in [1.807, 2.05) is 24.5 Å². The monoisotopic (exact) mass is 419 g/mol. The summed E-state index contributed by atoms with van der Waals surface area (Å²) in [5.41, 5.74) is 4.64. The van der Waals surface area contributed by atoms with Crippen LogP contribution in [-0.2, 0) is 11.3 Å². The molecule has 2 N–H and O–H groups in total. The van der Waals surface area contributed by atoms with E-state index in [0.717, 1.165) is 54.5 Å². The third-order valence-corrected chi connectivity index (χ3v) is 6.32. The third kappa shape index (κ3) is 4.62. The Morgan fingerprint density at radius 2 is 1.94 bits per heavy atom. The number of nitrogens with zero attached hydrogens (tertiary/aromatic N) is 3. The van der Waals surface area contributed by atoms with Crippen molar-refractivity contribution in [3.8, 4) is 11.1 Å².